The van der Waals surface area contributed by atoms with Gasteiger partial charge in [-0.15, -0.1) is 0 Å². The minimum Gasteiger partial charge on any atom is -0.494 e. The molecule has 5 heterocycles. The summed E-state index contributed by atoms with van der Waals surface area (Å²) in [5.41, 5.74) is 5.18. The molecule has 13 heteroatoms. The molecule has 2 aliphatic rings. The quantitative estimate of drug-likeness (QED) is 0.209. The fourth-order valence-corrected chi connectivity index (χ4v) is 8.19. The summed E-state index contributed by atoms with van der Waals surface area (Å²) in [6.45, 7) is 12.4. The Morgan fingerprint density at radius 2 is 1.76 bits per heavy atom. The molecule has 0 radical (unpaired) electrons. The maximum absolute atomic E-state index is 13.4. The Hall–Kier alpha value is -3.31. The van der Waals surface area contributed by atoms with Gasteiger partial charge in [0.1, 0.15) is 24.2 Å². The van der Waals surface area contributed by atoms with E-state index in [1.807, 2.05) is 12.1 Å². The van der Waals surface area contributed by atoms with Crippen molar-refractivity contribution in [3.8, 4) is 5.75 Å². The monoisotopic (exact) mass is 707 g/mol. The zero-order chi connectivity index (χ0) is 32.4. The Morgan fingerprint density at radius 1 is 1.00 bits per heavy atom. The molecule has 0 aliphatic carbocycles. The summed E-state index contributed by atoms with van der Waals surface area (Å²) in [6.07, 6.45) is 8.30. The summed E-state index contributed by atoms with van der Waals surface area (Å²) in [7, 11) is 1.18. The molecule has 2 fully saturated rings. The van der Waals surface area contributed by atoms with Crippen LogP contribution in [0.25, 0.3) is 11.0 Å². The highest BCUT2D eigenvalue weighted by atomic mass is 79.9. The standard InChI is InChI=1S/C33H43BrN9O2P/c1-6-22-18-26(29(45-3)19-28(22)43-12-9-23(10-13-43)42-16-14-41(2)15-17-42)39-33-37-20-24(34)32(40-33)38-27-21-36-25-8-7-11-35-30(25)31(27)46(4,5)44/h7-8,11,18-21,23H,6,9-10,12-17H2,1-5H3,(H2,37,38,39,40). The van der Waals surface area contributed by atoms with Crippen molar-refractivity contribution in [3.63, 3.8) is 0 Å². The third kappa shape index (κ3) is 7.00. The second kappa shape index (κ2) is 13.8. The highest BCUT2D eigenvalue weighted by Crippen LogP contribution is 2.41. The number of benzene rings is 1. The smallest absolute Gasteiger partial charge is 0.229 e. The Morgan fingerprint density at radius 3 is 2.46 bits per heavy atom. The zero-order valence-electron chi connectivity index (χ0n) is 27.3. The van der Waals surface area contributed by atoms with E-state index in [4.69, 9.17) is 9.72 Å². The van der Waals surface area contributed by atoms with Gasteiger partial charge in [-0.05, 0) is 79.3 Å². The predicted molar refractivity (Wildman–Crippen MR) is 192 cm³/mol. The SMILES string of the molecule is CCc1cc(Nc2ncc(Br)c(Nc3cnc4cccnc4c3P(C)(C)=O)n2)c(OC)cc1N1CCC(N2CCN(C)CC2)CC1. The number of aromatic nitrogens is 4. The first-order valence-corrected chi connectivity index (χ1v) is 19.3. The summed E-state index contributed by atoms with van der Waals surface area (Å²) >= 11 is 3.58. The Balaban J connectivity index is 1.23. The minimum absolute atomic E-state index is 0.399. The molecular formula is C33H43BrN9O2P. The molecule has 0 amide bonds. The number of likely N-dealkylation sites (N-methyl/N-ethyl adjacent to an activating group) is 1. The van der Waals surface area contributed by atoms with Crippen LogP contribution in [-0.2, 0) is 11.0 Å². The normalized spacial score (nSPS) is 17.0. The number of anilines is 5. The molecule has 6 rings (SSSR count). The van der Waals surface area contributed by atoms with Gasteiger partial charge in [-0.1, -0.05) is 6.92 Å². The third-order valence-corrected chi connectivity index (χ3v) is 11.1. The molecule has 0 atom stereocenters. The predicted octanol–water partition coefficient (Wildman–Crippen LogP) is 5.70. The average Bonchev–Trinajstić information content (AvgIpc) is 3.06. The van der Waals surface area contributed by atoms with Gasteiger partial charge in [0.05, 0.1) is 40.0 Å². The lowest BCUT2D eigenvalue weighted by Gasteiger charge is -2.43. The van der Waals surface area contributed by atoms with E-state index in [0.717, 1.165) is 44.0 Å². The maximum Gasteiger partial charge on any atom is 0.229 e. The molecular weight excluding hydrogens is 665 g/mol. The molecule has 2 N–H and O–H groups in total. The van der Waals surface area contributed by atoms with Crippen molar-refractivity contribution < 1.29 is 9.30 Å². The van der Waals surface area contributed by atoms with E-state index >= 15 is 0 Å². The highest BCUT2D eigenvalue weighted by Gasteiger charge is 2.28. The van der Waals surface area contributed by atoms with Gasteiger partial charge < -0.3 is 29.7 Å². The van der Waals surface area contributed by atoms with Crippen molar-refractivity contribution in [1.29, 1.82) is 0 Å². The van der Waals surface area contributed by atoms with E-state index in [1.54, 1.807) is 39.0 Å². The first kappa shape index (κ1) is 32.6. The van der Waals surface area contributed by atoms with Crippen molar-refractivity contribution in [3.05, 3.63) is 52.9 Å². The van der Waals surface area contributed by atoms with Crippen LogP contribution in [0.1, 0.15) is 25.3 Å². The average molecular weight is 709 g/mol. The van der Waals surface area contributed by atoms with Crippen LogP contribution in [0, 0.1) is 0 Å². The highest BCUT2D eigenvalue weighted by molar-refractivity contribution is 9.10. The lowest BCUT2D eigenvalue weighted by atomic mass is 9.99. The molecule has 0 unspecified atom stereocenters. The van der Waals surface area contributed by atoms with E-state index in [-0.39, 0.29) is 0 Å². The van der Waals surface area contributed by atoms with Gasteiger partial charge in [0.25, 0.3) is 0 Å². The number of nitrogens with zero attached hydrogens (tertiary/aromatic N) is 7. The lowest BCUT2D eigenvalue weighted by molar-refractivity contribution is 0.0982. The second-order valence-electron chi connectivity index (χ2n) is 12.5. The van der Waals surface area contributed by atoms with E-state index < -0.39 is 7.14 Å². The van der Waals surface area contributed by atoms with Crippen LogP contribution in [-0.4, -0.2) is 103 Å². The largest absolute Gasteiger partial charge is 0.494 e. The van der Waals surface area contributed by atoms with Gasteiger partial charge in [-0.2, -0.15) is 4.98 Å². The van der Waals surface area contributed by atoms with Gasteiger partial charge in [-0.3, -0.25) is 14.9 Å². The molecule has 4 aromatic rings. The summed E-state index contributed by atoms with van der Waals surface area (Å²) < 4.78 is 20.0. The number of halogens is 1. The van der Waals surface area contributed by atoms with Crippen LogP contribution in [0.4, 0.5) is 28.8 Å². The number of piperazine rings is 1. The van der Waals surface area contributed by atoms with Gasteiger partial charge in [0.2, 0.25) is 5.95 Å². The summed E-state index contributed by atoms with van der Waals surface area (Å²) in [5, 5.41) is 7.37. The maximum atomic E-state index is 13.4. The third-order valence-electron chi connectivity index (χ3n) is 9.02. The van der Waals surface area contributed by atoms with Gasteiger partial charge >= 0.3 is 0 Å². The summed E-state index contributed by atoms with van der Waals surface area (Å²) in [4.78, 5) is 26.0. The van der Waals surface area contributed by atoms with Crippen molar-refractivity contribution in [1.82, 2.24) is 29.7 Å². The molecule has 0 saturated carbocycles. The first-order chi connectivity index (χ1) is 22.1. The number of hydrogen-bond acceptors (Lipinski definition) is 11. The fourth-order valence-electron chi connectivity index (χ4n) is 6.52. The van der Waals surface area contributed by atoms with Gasteiger partial charge in [-0.25, -0.2) is 4.98 Å². The first-order valence-electron chi connectivity index (χ1n) is 15.9. The zero-order valence-corrected chi connectivity index (χ0v) is 29.7. The van der Waals surface area contributed by atoms with E-state index in [0.29, 0.717) is 44.3 Å². The topological polar surface area (TPSA) is 112 Å². The summed E-state index contributed by atoms with van der Waals surface area (Å²) in [5.74, 6) is 1.65. The van der Waals surface area contributed by atoms with Gasteiger partial charge in [0.15, 0.2) is 0 Å². The minimum atomic E-state index is -2.73. The Bertz CT molecular complexity index is 1750. The van der Waals surface area contributed by atoms with Crippen LogP contribution in [0.3, 0.4) is 0 Å². The van der Waals surface area contributed by atoms with Crippen molar-refractivity contribution >= 4 is 68.2 Å². The van der Waals surface area contributed by atoms with E-state index in [2.05, 4.69) is 82.3 Å². The number of aryl methyl sites for hydroxylation is 1. The number of pyridine rings is 2. The molecule has 0 spiro atoms. The number of ether oxygens (including phenoxy) is 1. The van der Waals surface area contributed by atoms with Crippen LogP contribution in [0.2, 0.25) is 0 Å². The number of nitrogens with one attached hydrogen (secondary N) is 2. The fraction of sp³-hybridized carbons (Fsp3) is 0.455. The van der Waals surface area contributed by atoms with E-state index in [1.165, 1.54) is 37.2 Å². The Labute approximate surface area is 279 Å². The van der Waals surface area contributed by atoms with Crippen LogP contribution >= 0.6 is 23.1 Å². The Kier molecular flexibility index (Phi) is 9.80. The molecule has 1 aromatic carbocycles. The number of hydrogen-bond donors (Lipinski definition) is 2. The number of methoxy groups -OCH3 is 1. The van der Waals surface area contributed by atoms with Gasteiger partial charge in [0, 0.05) is 69.5 Å². The van der Waals surface area contributed by atoms with Crippen LogP contribution in [0.15, 0.2) is 47.3 Å². The van der Waals surface area contributed by atoms with Crippen molar-refractivity contribution in [2.24, 2.45) is 0 Å². The molecule has 2 aliphatic heterocycles. The molecule has 244 valence electrons. The van der Waals surface area contributed by atoms with E-state index in [9.17, 15) is 4.57 Å². The lowest BCUT2D eigenvalue weighted by Crippen LogP contribution is -2.52. The molecule has 46 heavy (non-hydrogen) atoms. The number of piperidine rings is 1. The molecule has 2 saturated heterocycles. The second-order valence-corrected chi connectivity index (χ2v) is 16.5. The number of fused-ring (bicyclic) bond motifs is 1. The number of rotatable bonds is 9. The van der Waals surface area contributed by atoms with Crippen molar-refractivity contribution in [2.45, 2.75) is 32.2 Å². The van der Waals surface area contributed by atoms with Crippen LogP contribution in [0.5, 0.6) is 5.75 Å². The molecule has 11 nitrogen and oxygen atoms in total. The van der Waals surface area contributed by atoms with Crippen LogP contribution < -0.4 is 25.6 Å². The molecule has 0 bridgehead atoms. The summed E-state index contributed by atoms with van der Waals surface area (Å²) in [6, 6.07) is 8.66. The molecule has 3 aromatic heterocycles. The van der Waals surface area contributed by atoms with Crippen molar-refractivity contribution in [2.75, 3.05) is 82.3 Å².